The Kier molecular flexibility index (Phi) is 9.63. The minimum absolute atomic E-state index is 0.0887. The van der Waals surface area contributed by atoms with Crippen LogP contribution in [0.15, 0.2) is 84.9 Å². The molecule has 3 aromatic carbocycles. The molecule has 0 saturated heterocycles. The van der Waals surface area contributed by atoms with E-state index in [4.69, 9.17) is 4.98 Å². The van der Waals surface area contributed by atoms with Crippen molar-refractivity contribution in [3.8, 4) is 22.6 Å². The summed E-state index contributed by atoms with van der Waals surface area (Å²) in [7, 11) is 0. The van der Waals surface area contributed by atoms with Crippen LogP contribution in [0.2, 0.25) is 0 Å². The molecular formula is C35H43N3O. The Labute approximate surface area is 234 Å². The van der Waals surface area contributed by atoms with E-state index in [1.165, 1.54) is 54.5 Å². The maximum Gasteiger partial charge on any atom is 0.140 e. The first-order valence-electron chi connectivity index (χ1n) is 14.9. The summed E-state index contributed by atoms with van der Waals surface area (Å²) in [6.45, 7) is 6.20. The molecule has 0 unspecified atom stereocenters. The average molecular weight is 522 g/mol. The van der Waals surface area contributed by atoms with Crippen LogP contribution < -0.4 is 0 Å². The van der Waals surface area contributed by atoms with Crippen LogP contribution in [-0.4, -0.2) is 26.1 Å². The van der Waals surface area contributed by atoms with Crippen molar-refractivity contribution in [2.75, 3.05) is 6.54 Å². The van der Waals surface area contributed by atoms with Gasteiger partial charge in [0.25, 0.3) is 0 Å². The van der Waals surface area contributed by atoms with Gasteiger partial charge in [-0.3, -0.25) is 4.90 Å². The number of imidazole rings is 1. The summed E-state index contributed by atoms with van der Waals surface area (Å²) in [6, 6.07) is 29.9. The summed E-state index contributed by atoms with van der Waals surface area (Å²) in [6.07, 6.45) is 9.02. The summed E-state index contributed by atoms with van der Waals surface area (Å²) in [5, 5.41) is 9.54. The van der Waals surface area contributed by atoms with Gasteiger partial charge in [0, 0.05) is 37.3 Å². The zero-order valence-electron chi connectivity index (χ0n) is 23.4. The number of aliphatic hydroxyl groups is 1. The topological polar surface area (TPSA) is 41.3 Å². The first-order chi connectivity index (χ1) is 19.2. The van der Waals surface area contributed by atoms with Crippen molar-refractivity contribution in [1.29, 1.82) is 0 Å². The van der Waals surface area contributed by atoms with E-state index in [2.05, 4.69) is 101 Å². The Bertz CT molecular complexity index is 1270. The van der Waals surface area contributed by atoms with Gasteiger partial charge in [-0.1, -0.05) is 118 Å². The summed E-state index contributed by atoms with van der Waals surface area (Å²) in [5.41, 5.74) is 7.05. The molecule has 1 fully saturated rings. The third-order valence-electron chi connectivity index (χ3n) is 8.11. The predicted octanol–water partition coefficient (Wildman–Crippen LogP) is 8.09. The van der Waals surface area contributed by atoms with Crippen LogP contribution in [0.3, 0.4) is 0 Å². The van der Waals surface area contributed by atoms with Crippen molar-refractivity contribution in [3.05, 3.63) is 102 Å². The molecule has 1 aliphatic rings. The molecule has 1 aromatic heterocycles. The van der Waals surface area contributed by atoms with Gasteiger partial charge in [0.2, 0.25) is 0 Å². The number of aromatic nitrogens is 2. The molecule has 1 N–H and O–H groups in total. The first-order valence-corrected chi connectivity index (χ1v) is 14.9. The third kappa shape index (κ3) is 7.06. The third-order valence-corrected chi connectivity index (χ3v) is 8.11. The summed E-state index contributed by atoms with van der Waals surface area (Å²) >= 11 is 0. The zero-order chi connectivity index (χ0) is 26.9. The van der Waals surface area contributed by atoms with Crippen molar-refractivity contribution in [2.45, 2.75) is 78.1 Å². The fourth-order valence-corrected chi connectivity index (χ4v) is 5.98. The number of hydrogen-bond donors (Lipinski definition) is 1. The Morgan fingerprint density at radius 3 is 2.08 bits per heavy atom. The lowest BCUT2D eigenvalue weighted by atomic mass is 9.89. The standard InChI is InChI=1S/C35H43N3O/c1-2-3-23-38-33(34(31-15-9-5-10-16-31)36-35(38)32-17-11-6-12-18-32)26-37(24-28-13-7-4-8-14-28)25-29-19-21-30(27-39)22-20-29/h5-6,9-12,15-22,28,39H,2-4,7-8,13-14,23-27H2,1H3. The van der Waals surface area contributed by atoms with E-state index < -0.39 is 0 Å². The van der Waals surface area contributed by atoms with Crippen molar-refractivity contribution in [1.82, 2.24) is 14.5 Å². The largest absolute Gasteiger partial charge is 0.392 e. The molecule has 4 aromatic rings. The average Bonchev–Trinajstić information content (AvgIpc) is 3.35. The fourth-order valence-electron chi connectivity index (χ4n) is 5.98. The molecule has 0 radical (unpaired) electrons. The minimum Gasteiger partial charge on any atom is -0.392 e. The van der Waals surface area contributed by atoms with E-state index in [0.717, 1.165) is 62.0 Å². The minimum atomic E-state index is 0.0887. The molecule has 0 atom stereocenters. The molecule has 39 heavy (non-hydrogen) atoms. The highest BCUT2D eigenvalue weighted by Gasteiger charge is 2.24. The van der Waals surface area contributed by atoms with Gasteiger partial charge < -0.3 is 9.67 Å². The number of aliphatic hydroxyl groups excluding tert-OH is 1. The Balaban J connectivity index is 1.55. The number of nitrogens with zero attached hydrogens (tertiary/aromatic N) is 3. The highest BCUT2D eigenvalue weighted by Crippen LogP contribution is 2.32. The van der Waals surface area contributed by atoms with Crippen LogP contribution in [0.5, 0.6) is 0 Å². The molecule has 0 bridgehead atoms. The van der Waals surface area contributed by atoms with Gasteiger partial charge in [0.1, 0.15) is 5.82 Å². The van der Waals surface area contributed by atoms with Crippen LogP contribution >= 0.6 is 0 Å². The number of rotatable bonds is 12. The molecule has 5 rings (SSSR count). The van der Waals surface area contributed by atoms with Gasteiger partial charge in [-0.15, -0.1) is 0 Å². The van der Waals surface area contributed by atoms with E-state index >= 15 is 0 Å². The highest BCUT2D eigenvalue weighted by molar-refractivity contribution is 5.68. The Morgan fingerprint density at radius 1 is 0.795 bits per heavy atom. The second kappa shape index (κ2) is 13.7. The summed E-state index contributed by atoms with van der Waals surface area (Å²) in [5.74, 6) is 1.82. The molecular weight excluding hydrogens is 478 g/mol. The smallest absolute Gasteiger partial charge is 0.140 e. The van der Waals surface area contributed by atoms with Gasteiger partial charge in [-0.05, 0) is 36.3 Å². The first kappa shape index (κ1) is 27.4. The monoisotopic (exact) mass is 521 g/mol. The maximum absolute atomic E-state index is 9.54. The number of hydrogen-bond acceptors (Lipinski definition) is 3. The van der Waals surface area contributed by atoms with Crippen molar-refractivity contribution >= 4 is 0 Å². The molecule has 0 aliphatic heterocycles. The maximum atomic E-state index is 9.54. The van der Waals surface area contributed by atoms with Crippen molar-refractivity contribution in [3.63, 3.8) is 0 Å². The number of unbranched alkanes of at least 4 members (excludes halogenated alkanes) is 1. The van der Waals surface area contributed by atoms with Crippen LogP contribution in [-0.2, 0) is 26.2 Å². The van der Waals surface area contributed by atoms with E-state index in [9.17, 15) is 5.11 Å². The van der Waals surface area contributed by atoms with Crippen molar-refractivity contribution in [2.24, 2.45) is 5.92 Å². The van der Waals surface area contributed by atoms with E-state index in [-0.39, 0.29) is 6.61 Å². The molecule has 4 nitrogen and oxygen atoms in total. The fraction of sp³-hybridized carbons (Fsp3) is 0.400. The second-order valence-electron chi connectivity index (χ2n) is 11.1. The molecule has 0 amide bonds. The van der Waals surface area contributed by atoms with Crippen molar-refractivity contribution < 1.29 is 5.11 Å². The quantitative estimate of drug-likeness (QED) is 0.205. The molecule has 0 spiro atoms. The molecule has 4 heteroatoms. The lowest BCUT2D eigenvalue weighted by Crippen LogP contribution is -2.31. The van der Waals surface area contributed by atoms with Gasteiger partial charge in [0.15, 0.2) is 0 Å². The predicted molar refractivity (Wildman–Crippen MR) is 161 cm³/mol. The normalized spacial score (nSPS) is 14.2. The van der Waals surface area contributed by atoms with Crippen LogP contribution in [0.1, 0.15) is 68.7 Å². The van der Waals surface area contributed by atoms with E-state index in [1.54, 1.807) is 0 Å². The van der Waals surface area contributed by atoms with Gasteiger partial charge in [-0.25, -0.2) is 4.98 Å². The summed E-state index contributed by atoms with van der Waals surface area (Å²) < 4.78 is 2.50. The highest BCUT2D eigenvalue weighted by atomic mass is 16.3. The van der Waals surface area contributed by atoms with Crippen LogP contribution in [0.4, 0.5) is 0 Å². The van der Waals surface area contributed by atoms with Gasteiger partial charge in [-0.2, -0.15) is 0 Å². The van der Waals surface area contributed by atoms with Crippen LogP contribution in [0, 0.1) is 5.92 Å². The lowest BCUT2D eigenvalue weighted by Gasteiger charge is -2.30. The van der Waals surface area contributed by atoms with Gasteiger partial charge in [0.05, 0.1) is 18.0 Å². The molecule has 1 saturated carbocycles. The SMILES string of the molecule is CCCCn1c(-c2ccccc2)nc(-c2ccccc2)c1CN(Cc1ccc(CO)cc1)CC1CCCCC1. The van der Waals surface area contributed by atoms with Crippen LogP contribution in [0.25, 0.3) is 22.6 Å². The van der Waals surface area contributed by atoms with Gasteiger partial charge >= 0.3 is 0 Å². The molecule has 204 valence electrons. The Morgan fingerprint density at radius 2 is 1.44 bits per heavy atom. The molecule has 1 aliphatic carbocycles. The summed E-state index contributed by atoms with van der Waals surface area (Å²) in [4.78, 5) is 8.00. The Hall–Kier alpha value is -3.21. The zero-order valence-corrected chi connectivity index (χ0v) is 23.4. The number of benzene rings is 3. The lowest BCUT2D eigenvalue weighted by molar-refractivity contribution is 0.183. The van der Waals surface area contributed by atoms with E-state index in [1.807, 2.05) is 0 Å². The second-order valence-corrected chi connectivity index (χ2v) is 11.1. The van der Waals surface area contributed by atoms with E-state index in [0.29, 0.717) is 0 Å². The molecule has 1 heterocycles.